The fraction of sp³-hybridized carbons (Fsp3) is 0.562. The molecule has 7 nitrogen and oxygen atoms in total. The van der Waals surface area contributed by atoms with Crippen molar-refractivity contribution in [3.8, 4) is 0 Å². The van der Waals surface area contributed by atoms with Gasteiger partial charge in [-0.3, -0.25) is 9.63 Å². The molecule has 0 saturated carbocycles. The molecule has 1 unspecified atom stereocenters. The number of benzene rings is 1. The van der Waals surface area contributed by atoms with E-state index < -0.39 is 11.9 Å². The molecule has 7 heteroatoms. The highest BCUT2D eigenvalue weighted by Crippen LogP contribution is 2.18. The van der Waals surface area contributed by atoms with Crippen LogP contribution in [-0.4, -0.2) is 42.0 Å². The van der Waals surface area contributed by atoms with Crippen LogP contribution in [0.1, 0.15) is 37.8 Å². The van der Waals surface area contributed by atoms with Crippen molar-refractivity contribution >= 4 is 5.97 Å². The van der Waals surface area contributed by atoms with Gasteiger partial charge in [-0.05, 0) is 30.4 Å². The second kappa shape index (κ2) is 8.97. The Balaban J connectivity index is 2.48. The number of carbonyl (C=O) groups excluding carboxylic acids is 1. The highest BCUT2D eigenvalue weighted by atomic mass is 16.8. The van der Waals surface area contributed by atoms with Crippen molar-refractivity contribution in [2.45, 2.75) is 33.1 Å². The summed E-state index contributed by atoms with van der Waals surface area (Å²) in [5.41, 5.74) is 2.13. The Bertz CT molecular complexity index is 527. The molecule has 0 spiro atoms. The van der Waals surface area contributed by atoms with Crippen LogP contribution in [0.25, 0.3) is 0 Å². The molecular weight excluding hydrogens is 298 g/mol. The zero-order chi connectivity index (χ0) is 17.4. The van der Waals surface area contributed by atoms with Crippen LogP contribution in [0, 0.1) is 5.92 Å². The van der Waals surface area contributed by atoms with Crippen molar-refractivity contribution in [2.75, 3.05) is 20.9 Å². The number of hydrogen-bond acceptors (Lipinski definition) is 4. The van der Waals surface area contributed by atoms with E-state index in [0.717, 1.165) is 12.0 Å². The first-order chi connectivity index (χ1) is 10.8. The first kappa shape index (κ1) is 18.7. The van der Waals surface area contributed by atoms with Crippen molar-refractivity contribution < 1.29 is 24.5 Å². The van der Waals surface area contributed by atoms with Crippen LogP contribution < -0.4 is 0 Å². The Hall–Kier alpha value is -2.31. The van der Waals surface area contributed by atoms with E-state index in [2.05, 4.69) is 19.1 Å². The number of carbonyl (C=O) groups is 1. The van der Waals surface area contributed by atoms with Gasteiger partial charge in [0.25, 0.3) is 17.0 Å². The first-order valence-corrected chi connectivity index (χ1v) is 7.56. The number of hydrogen-bond donors (Lipinski definition) is 1. The van der Waals surface area contributed by atoms with E-state index in [1.807, 2.05) is 24.3 Å². The van der Waals surface area contributed by atoms with Crippen molar-refractivity contribution in [3.05, 3.63) is 35.4 Å². The molecule has 0 saturated heterocycles. The molecule has 0 heterocycles. The van der Waals surface area contributed by atoms with Gasteiger partial charge in [-0.15, -0.1) is 5.01 Å². The minimum Gasteiger partial charge on any atom is -0.425 e. The average molecular weight is 324 g/mol. The third kappa shape index (κ3) is 6.54. The normalized spacial score (nSPS) is 12.9. The predicted octanol–water partition coefficient (Wildman–Crippen LogP) is 2.75. The van der Waals surface area contributed by atoms with Gasteiger partial charge in [0.2, 0.25) is 0 Å². The van der Waals surface area contributed by atoms with Gasteiger partial charge in [0.1, 0.15) is 0 Å². The van der Waals surface area contributed by atoms with Crippen LogP contribution in [0.3, 0.4) is 0 Å². The Labute approximate surface area is 137 Å². The number of esters is 1. The third-order valence-electron chi connectivity index (χ3n) is 3.22. The summed E-state index contributed by atoms with van der Waals surface area (Å²) in [5.74, 6) is -0.214. The smallest absolute Gasteiger partial charge is 0.316 e. The first-order valence-electron chi connectivity index (χ1n) is 7.56. The highest BCUT2D eigenvalue weighted by molar-refractivity contribution is 5.77. The fourth-order valence-electron chi connectivity index (χ4n) is 1.91. The molecule has 0 radical (unpaired) electrons. The minimum atomic E-state index is -0.411. The summed E-state index contributed by atoms with van der Waals surface area (Å²) in [5, 5.41) is 13.8. The van der Waals surface area contributed by atoms with E-state index in [0.29, 0.717) is 10.9 Å². The van der Waals surface area contributed by atoms with Crippen LogP contribution in [0.4, 0.5) is 0 Å². The summed E-state index contributed by atoms with van der Waals surface area (Å²) < 4.78 is 4.97. The largest absolute Gasteiger partial charge is 0.425 e. The zero-order valence-corrected chi connectivity index (χ0v) is 14.4. The number of hydrazine groups is 1. The van der Waals surface area contributed by atoms with E-state index in [1.165, 1.54) is 10.6 Å². The molecule has 0 amide bonds. The average Bonchev–Trinajstić information content (AvgIpc) is 2.50. The van der Waals surface area contributed by atoms with Gasteiger partial charge in [-0.2, -0.15) is 0 Å². The Morgan fingerprint density at radius 1 is 1.26 bits per heavy atom. The summed E-state index contributed by atoms with van der Waals surface area (Å²) in [4.78, 5) is 17.1. The molecule has 1 aromatic rings. The van der Waals surface area contributed by atoms with Crippen LogP contribution in [-0.2, 0) is 20.8 Å². The monoisotopic (exact) mass is 324 g/mol. The predicted molar refractivity (Wildman–Crippen MR) is 83.6 cm³/mol. The molecule has 1 rings (SSSR count). The van der Waals surface area contributed by atoms with Crippen LogP contribution in [0.5, 0.6) is 0 Å². The van der Waals surface area contributed by atoms with Gasteiger partial charge in [0.05, 0.1) is 20.0 Å². The number of ether oxygens (including phenoxy) is 1. The third-order valence-corrected chi connectivity index (χ3v) is 3.22. The van der Waals surface area contributed by atoms with Gasteiger partial charge >= 0.3 is 5.97 Å². The molecule has 1 atom stereocenters. The summed E-state index contributed by atoms with van der Waals surface area (Å²) in [6.45, 7) is 5.75. The van der Waals surface area contributed by atoms with Crippen molar-refractivity contribution in [2.24, 2.45) is 11.2 Å². The Kier molecular flexibility index (Phi) is 7.31. The van der Waals surface area contributed by atoms with E-state index in [4.69, 9.17) is 9.57 Å². The number of nitrogens with zero attached hydrogens (tertiary/aromatic N) is 3. The summed E-state index contributed by atoms with van der Waals surface area (Å²) >= 11 is 0. The van der Waals surface area contributed by atoms with E-state index in [1.54, 1.807) is 21.0 Å². The second-order valence-electron chi connectivity index (χ2n) is 5.97. The van der Waals surface area contributed by atoms with Crippen molar-refractivity contribution in [3.63, 3.8) is 0 Å². The molecule has 1 N–H and O–H groups in total. The molecule has 1 aromatic carbocycles. The lowest BCUT2D eigenvalue weighted by Gasteiger charge is -2.12. The molecule has 0 aliphatic rings. The molecule has 23 heavy (non-hydrogen) atoms. The molecule has 0 bridgehead atoms. The van der Waals surface area contributed by atoms with Crippen molar-refractivity contribution in [1.29, 1.82) is 0 Å². The maximum Gasteiger partial charge on any atom is 0.316 e. The standard InChI is InChI=1S/C16H26N3O4/c1-12(2)10-14-6-8-15(9-7-14)13(3)16(20)22-11-23-17-19(21)18(4)5/h6-9,12-13H,10-11H2,1-5H3,(H,17,21)/q+1. The van der Waals surface area contributed by atoms with Crippen LogP contribution >= 0.6 is 0 Å². The fourth-order valence-corrected chi connectivity index (χ4v) is 1.91. The maximum atomic E-state index is 12.0. The summed E-state index contributed by atoms with van der Waals surface area (Å²) in [6, 6.07) is 7.95. The van der Waals surface area contributed by atoms with E-state index >= 15 is 0 Å². The molecular formula is C16H26N3O4+. The summed E-state index contributed by atoms with van der Waals surface area (Å²) in [7, 11) is 3.15. The lowest BCUT2D eigenvalue weighted by Crippen LogP contribution is -2.23. The SMILES string of the molecule is CC(C)Cc1ccc(C(C)C(=O)OCO/N=[N+](\O)N(C)C)cc1. The van der Waals surface area contributed by atoms with Crippen molar-refractivity contribution in [1.82, 2.24) is 5.01 Å². The lowest BCUT2D eigenvalue weighted by atomic mass is 9.97. The van der Waals surface area contributed by atoms with E-state index in [9.17, 15) is 10.0 Å². The van der Waals surface area contributed by atoms with Gasteiger partial charge in [-0.1, -0.05) is 38.1 Å². The molecule has 0 aromatic heterocycles. The molecule has 128 valence electrons. The summed E-state index contributed by atoms with van der Waals surface area (Å²) in [6.07, 6.45) is 1.01. The van der Waals surface area contributed by atoms with Gasteiger partial charge < -0.3 is 4.74 Å². The molecule has 0 aliphatic carbocycles. The van der Waals surface area contributed by atoms with Gasteiger partial charge in [0, 0.05) is 0 Å². The Morgan fingerprint density at radius 3 is 2.39 bits per heavy atom. The lowest BCUT2D eigenvalue weighted by molar-refractivity contribution is -0.935. The highest BCUT2D eigenvalue weighted by Gasteiger charge is 2.17. The minimum absolute atomic E-state index is 0.362. The van der Waals surface area contributed by atoms with Gasteiger partial charge in [0.15, 0.2) is 0 Å². The maximum absolute atomic E-state index is 12.0. The van der Waals surface area contributed by atoms with E-state index in [-0.39, 0.29) is 6.79 Å². The topological polar surface area (TPSA) is 74.4 Å². The second-order valence-corrected chi connectivity index (χ2v) is 5.97. The quantitative estimate of drug-likeness (QED) is 0.199. The zero-order valence-electron chi connectivity index (χ0n) is 14.4. The molecule has 0 fully saturated rings. The molecule has 0 aliphatic heterocycles. The van der Waals surface area contributed by atoms with Crippen LogP contribution in [0.15, 0.2) is 29.5 Å². The van der Waals surface area contributed by atoms with Gasteiger partial charge in [-0.25, -0.2) is 5.21 Å². The Morgan fingerprint density at radius 2 is 1.87 bits per heavy atom. The van der Waals surface area contributed by atoms with Crippen LogP contribution in [0.2, 0.25) is 0 Å². The number of rotatable bonds is 8.